The molecule has 2 nitrogen and oxygen atoms in total. The molecule has 3 N–H and O–H groups in total. The van der Waals surface area contributed by atoms with Gasteiger partial charge in [0.1, 0.15) is 5.75 Å². The quantitative estimate of drug-likeness (QED) is 0.824. The summed E-state index contributed by atoms with van der Waals surface area (Å²) in [5, 5.41) is 9.50. The first-order chi connectivity index (χ1) is 8.01. The molecule has 0 aromatic heterocycles. The van der Waals surface area contributed by atoms with E-state index in [1.807, 2.05) is 12.1 Å². The zero-order valence-electron chi connectivity index (χ0n) is 10.8. The fourth-order valence-corrected chi connectivity index (χ4v) is 3.09. The van der Waals surface area contributed by atoms with Gasteiger partial charge in [-0.2, -0.15) is 0 Å². The Labute approximate surface area is 104 Å². The van der Waals surface area contributed by atoms with E-state index in [1.165, 1.54) is 12.8 Å². The molecule has 0 radical (unpaired) electrons. The Morgan fingerprint density at radius 3 is 2.88 bits per heavy atom. The molecule has 1 aromatic carbocycles. The van der Waals surface area contributed by atoms with E-state index in [0.29, 0.717) is 17.6 Å². The molecule has 0 bridgehead atoms. The van der Waals surface area contributed by atoms with E-state index < -0.39 is 0 Å². The lowest BCUT2D eigenvalue weighted by Gasteiger charge is -2.43. The molecular formula is C15H23NO. The second kappa shape index (κ2) is 4.69. The van der Waals surface area contributed by atoms with E-state index in [9.17, 15) is 5.11 Å². The molecular weight excluding hydrogens is 210 g/mol. The highest BCUT2D eigenvalue weighted by Crippen LogP contribution is 2.38. The third kappa shape index (κ3) is 2.63. The van der Waals surface area contributed by atoms with Gasteiger partial charge in [-0.25, -0.2) is 0 Å². The van der Waals surface area contributed by atoms with Crippen molar-refractivity contribution in [1.82, 2.24) is 0 Å². The molecule has 0 spiro atoms. The summed E-state index contributed by atoms with van der Waals surface area (Å²) in [6, 6.07) is 7.49. The van der Waals surface area contributed by atoms with Gasteiger partial charge >= 0.3 is 0 Å². The van der Waals surface area contributed by atoms with Crippen molar-refractivity contribution in [2.24, 2.45) is 17.6 Å². The first-order valence-electron chi connectivity index (χ1n) is 6.58. The molecule has 0 saturated heterocycles. The van der Waals surface area contributed by atoms with Gasteiger partial charge in [-0.1, -0.05) is 38.8 Å². The zero-order chi connectivity index (χ0) is 12.5. The smallest absolute Gasteiger partial charge is 0.115 e. The van der Waals surface area contributed by atoms with Crippen LogP contribution in [0.3, 0.4) is 0 Å². The highest BCUT2D eigenvalue weighted by atomic mass is 16.3. The SMILES string of the molecule is CC1CCCC(N)(Cc2cccc(O)c2)C1C. The Morgan fingerprint density at radius 2 is 2.18 bits per heavy atom. The van der Waals surface area contributed by atoms with Gasteiger partial charge in [-0.3, -0.25) is 0 Å². The van der Waals surface area contributed by atoms with Crippen molar-refractivity contribution in [3.05, 3.63) is 29.8 Å². The zero-order valence-corrected chi connectivity index (χ0v) is 10.8. The molecule has 0 heterocycles. The summed E-state index contributed by atoms with van der Waals surface area (Å²) in [6.07, 6.45) is 4.47. The van der Waals surface area contributed by atoms with E-state index >= 15 is 0 Å². The normalized spacial score (nSPS) is 33.6. The lowest BCUT2D eigenvalue weighted by molar-refractivity contribution is 0.143. The molecule has 1 aromatic rings. The monoisotopic (exact) mass is 233 g/mol. The van der Waals surface area contributed by atoms with E-state index in [0.717, 1.165) is 18.4 Å². The molecule has 2 heteroatoms. The fraction of sp³-hybridized carbons (Fsp3) is 0.600. The van der Waals surface area contributed by atoms with Crippen molar-refractivity contribution in [2.75, 3.05) is 0 Å². The Morgan fingerprint density at radius 1 is 1.41 bits per heavy atom. The third-order valence-electron chi connectivity index (χ3n) is 4.51. The Hall–Kier alpha value is -1.02. The van der Waals surface area contributed by atoms with Gasteiger partial charge in [-0.05, 0) is 42.4 Å². The average molecular weight is 233 g/mol. The van der Waals surface area contributed by atoms with Gasteiger partial charge in [0.2, 0.25) is 0 Å². The fourth-order valence-electron chi connectivity index (χ4n) is 3.09. The minimum absolute atomic E-state index is 0.106. The lowest BCUT2D eigenvalue weighted by atomic mass is 9.66. The van der Waals surface area contributed by atoms with Crippen LogP contribution >= 0.6 is 0 Å². The van der Waals surface area contributed by atoms with Crippen molar-refractivity contribution >= 4 is 0 Å². The molecule has 2 rings (SSSR count). The number of hydrogen-bond acceptors (Lipinski definition) is 2. The van der Waals surface area contributed by atoms with Crippen LogP contribution in [0.25, 0.3) is 0 Å². The first-order valence-corrected chi connectivity index (χ1v) is 6.58. The van der Waals surface area contributed by atoms with Crippen LogP contribution in [-0.4, -0.2) is 10.6 Å². The molecule has 0 amide bonds. The van der Waals surface area contributed by atoms with Gasteiger partial charge in [0, 0.05) is 5.54 Å². The van der Waals surface area contributed by atoms with Gasteiger partial charge in [0.05, 0.1) is 0 Å². The minimum atomic E-state index is -0.106. The lowest BCUT2D eigenvalue weighted by Crippen LogP contribution is -2.52. The van der Waals surface area contributed by atoms with Crippen LogP contribution in [0.1, 0.15) is 38.7 Å². The van der Waals surface area contributed by atoms with E-state index in [2.05, 4.69) is 19.9 Å². The number of phenolic OH excluding ortho intramolecular Hbond substituents is 1. The highest BCUT2D eigenvalue weighted by Gasteiger charge is 2.38. The standard InChI is InChI=1S/C15H23NO/c1-11-5-4-8-15(16,12(11)2)10-13-6-3-7-14(17)9-13/h3,6-7,9,11-12,17H,4-5,8,10,16H2,1-2H3. The van der Waals surface area contributed by atoms with Gasteiger partial charge in [-0.15, -0.1) is 0 Å². The van der Waals surface area contributed by atoms with E-state index in [4.69, 9.17) is 5.73 Å². The predicted octanol–water partition coefficient (Wildman–Crippen LogP) is 3.09. The van der Waals surface area contributed by atoms with Crippen LogP contribution in [-0.2, 0) is 6.42 Å². The van der Waals surface area contributed by atoms with Gasteiger partial charge in [0.25, 0.3) is 0 Å². The van der Waals surface area contributed by atoms with Crippen molar-refractivity contribution in [1.29, 1.82) is 0 Å². The minimum Gasteiger partial charge on any atom is -0.508 e. The molecule has 94 valence electrons. The van der Waals surface area contributed by atoms with E-state index in [1.54, 1.807) is 6.07 Å². The van der Waals surface area contributed by atoms with Crippen LogP contribution in [0.4, 0.5) is 0 Å². The van der Waals surface area contributed by atoms with Gasteiger partial charge < -0.3 is 10.8 Å². The average Bonchev–Trinajstić information content (AvgIpc) is 2.26. The maximum absolute atomic E-state index is 9.50. The summed E-state index contributed by atoms with van der Waals surface area (Å²) < 4.78 is 0. The number of hydrogen-bond donors (Lipinski definition) is 2. The summed E-state index contributed by atoms with van der Waals surface area (Å²) in [4.78, 5) is 0. The van der Waals surface area contributed by atoms with Crippen LogP contribution in [0.2, 0.25) is 0 Å². The third-order valence-corrected chi connectivity index (χ3v) is 4.51. The maximum atomic E-state index is 9.50. The van der Waals surface area contributed by atoms with Crippen molar-refractivity contribution < 1.29 is 5.11 Å². The molecule has 3 unspecified atom stereocenters. The molecule has 1 aliphatic rings. The summed E-state index contributed by atoms with van der Waals surface area (Å²) in [5.74, 6) is 1.58. The van der Waals surface area contributed by atoms with Crippen molar-refractivity contribution in [2.45, 2.75) is 45.1 Å². The number of phenols is 1. The summed E-state index contributed by atoms with van der Waals surface area (Å²) >= 11 is 0. The first kappa shape index (κ1) is 12.4. The molecule has 17 heavy (non-hydrogen) atoms. The Kier molecular flexibility index (Phi) is 3.43. The Bertz CT molecular complexity index is 390. The number of rotatable bonds is 2. The summed E-state index contributed by atoms with van der Waals surface area (Å²) in [6.45, 7) is 4.57. The van der Waals surface area contributed by atoms with Crippen LogP contribution < -0.4 is 5.73 Å². The number of nitrogens with two attached hydrogens (primary N) is 1. The summed E-state index contributed by atoms with van der Waals surface area (Å²) in [7, 11) is 0. The Balaban J connectivity index is 2.16. The molecule has 1 saturated carbocycles. The second-order valence-electron chi connectivity index (χ2n) is 5.74. The second-order valence-corrected chi connectivity index (χ2v) is 5.74. The molecule has 1 fully saturated rings. The largest absolute Gasteiger partial charge is 0.508 e. The highest BCUT2D eigenvalue weighted by molar-refractivity contribution is 5.28. The van der Waals surface area contributed by atoms with Crippen molar-refractivity contribution in [3.63, 3.8) is 0 Å². The maximum Gasteiger partial charge on any atom is 0.115 e. The van der Waals surface area contributed by atoms with Gasteiger partial charge in [0.15, 0.2) is 0 Å². The van der Waals surface area contributed by atoms with Crippen LogP contribution in [0, 0.1) is 11.8 Å². The van der Waals surface area contributed by atoms with Crippen LogP contribution in [0.5, 0.6) is 5.75 Å². The van der Waals surface area contributed by atoms with Crippen molar-refractivity contribution in [3.8, 4) is 5.75 Å². The number of benzene rings is 1. The van der Waals surface area contributed by atoms with Crippen LogP contribution in [0.15, 0.2) is 24.3 Å². The number of aromatic hydroxyl groups is 1. The molecule has 3 atom stereocenters. The predicted molar refractivity (Wildman–Crippen MR) is 70.9 cm³/mol. The molecule has 1 aliphatic carbocycles. The topological polar surface area (TPSA) is 46.2 Å². The molecule has 0 aliphatic heterocycles. The summed E-state index contributed by atoms with van der Waals surface area (Å²) in [5.41, 5.74) is 7.63. The van der Waals surface area contributed by atoms with E-state index in [-0.39, 0.29) is 5.54 Å².